The molecule has 0 saturated carbocycles. The van der Waals surface area contributed by atoms with E-state index in [9.17, 15) is 9.59 Å². The molecule has 0 radical (unpaired) electrons. The number of hydrogen-bond acceptors (Lipinski definition) is 4. The van der Waals surface area contributed by atoms with Crippen LogP contribution in [0.25, 0.3) is 0 Å². The number of carbonyl (C=O) groups is 2. The lowest BCUT2D eigenvalue weighted by Gasteiger charge is -2.28. The van der Waals surface area contributed by atoms with Crippen LogP contribution >= 0.6 is 0 Å². The molecule has 20 heavy (non-hydrogen) atoms. The molecule has 116 valence electrons. The average Bonchev–Trinajstić information content (AvgIpc) is 2.09. The van der Waals surface area contributed by atoms with Gasteiger partial charge in [0.25, 0.3) is 0 Å². The highest BCUT2D eigenvalue weighted by molar-refractivity contribution is 5.74. The minimum Gasteiger partial charge on any atom is -0.443 e. The fraction of sp³-hybridized carbons (Fsp3) is 0.714. The zero-order chi connectivity index (χ0) is 16.1. The molecule has 0 spiro atoms. The van der Waals surface area contributed by atoms with Gasteiger partial charge in [-0.05, 0) is 48.5 Å². The fourth-order valence-corrected chi connectivity index (χ4v) is 1.15. The second kappa shape index (κ2) is 6.63. The predicted molar refractivity (Wildman–Crippen MR) is 77.1 cm³/mol. The third kappa shape index (κ3) is 9.24. The minimum atomic E-state index is -0.718. The van der Waals surface area contributed by atoms with Crippen LogP contribution in [0.4, 0.5) is 9.59 Å². The summed E-state index contributed by atoms with van der Waals surface area (Å²) in [5.41, 5.74) is 1.77. The molecular weight excluding hydrogens is 260 g/mol. The van der Waals surface area contributed by atoms with E-state index in [0.717, 1.165) is 5.01 Å². The Bertz CT molecular complexity index is 378. The van der Waals surface area contributed by atoms with E-state index >= 15 is 0 Å². The average molecular weight is 286 g/mol. The van der Waals surface area contributed by atoms with Crippen molar-refractivity contribution in [3.05, 3.63) is 12.2 Å². The predicted octanol–water partition coefficient (Wildman–Crippen LogP) is 3.24. The summed E-state index contributed by atoms with van der Waals surface area (Å²) < 4.78 is 10.3. The number of amides is 2. The van der Waals surface area contributed by atoms with Gasteiger partial charge >= 0.3 is 12.2 Å². The van der Waals surface area contributed by atoms with Crippen LogP contribution < -0.4 is 5.43 Å². The second-order valence-corrected chi connectivity index (χ2v) is 6.64. The molecule has 6 heteroatoms. The quantitative estimate of drug-likeness (QED) is 0.625. The summed E-state index contributed by atoms with van der Waals surface area (Å²) in [6.45, 7) is 16.1. The first-order valence-electron chi connectivity index (χ1n) is 6.45. The van der Waals surface area contributed by atoms with E-state index in [2.05, 4.69) is 12.0 Å². The summed E-state index contributed by atoms with van der Waals surface area (Å²) in [5, 5.41) is 1.04. The lowest BCUT2D eigenvalue weighted by Crippen LogP contribution is -2.50. The maximum atomic E-state index is 12.0. The Morgan fingerprint density at radius 2 is 1.50 bits per heavy atom. The summed E-state index contributed by atoms with van der Waals surface area (Å²) in [4.78, 5) is 23.7. The number of nitrogens with zero attached hydrogens (tertiary/aromatic N) is 1. The molecule has 1 N–H and O–H groups in total. The normalized spacial score (nSPS) is 11.6. The zero-order valence-electron chi connectivity index (χ0n) is 13.5. The topological polar surface area (TPSA) is 67.9 Å². The molecular formula is C14H26N2O4. The smallest absolute Gasteiger partial charge is 0.429 e. The lowest BCUT2D eigenvalue weighted by atomic mass is 10.2. The summed E-state index contributed by atoms with van der Waals surface area (Å²) >= 11 is 0. The van der Waals surface area contributed by atoms with E-state index in [1.165, 1.54) is 0 Å². The van der Waals surface area contributed by atoms with Gasteiger partial charge in [-0.3, -0.25) is 0 Å². The molecule has 0 aromatic carbocycles. The SMILES string of the molecule is C=C(C)CN(NC(=O)OC(C)(C)C)C(=O)OC(C)(C)C. The Balaban J connectivity index is 4.77. The molecule has 0 heterocycles. The van der Waals surface area contributed by atoms with Crippen LogP contribution in [-0.2, 0) is 9.47 Å². The van der Waals surface area contributed by atoms with E-state index < -0.39 is 23.4 Å². The standard InChI is InChI=1S/C14H26N2O4/c1-10(2)9-16(12(18)20-14(6,7)8)15-11(17)19-13(3,4)5/h1,9H2,2-8H3,(H,15,17). The number of carbonyl (C=O) groups excluding carboxylic acids is 2. The fourth-order valence-electron chi connectivity index (χ4n) is 1.15. The van der Waals surface area contributed by atoms with Crippen molar-refractivity contribution in [2.24, 2.45) is 0 Å². The van der Waals surface area contributed by atoms with E-state index in [1.54, 1.807) is 48.5 Å². The molecule has 0 aliphatic heterocycles. The first-order valence-corrected chi connectivity index (χ1v) is 6.45. The summed E-state index contributed by atoms with van der Waals surface area (Å²) in [6, 6.07) is 0. The van der Waals surface area contributed by atoms with Crippen LogP contribution in [0.1, 0.15) is 48.5 Å². The van der Waals surface area contributed by atoms with Gasteiger partial charge in [0.2, 0.25) is 0 Å². The zero-order valence-corrected chi connectivity index (χ0v) is 13.5. The molecule has 0 bridgehead atoms. The Labute approximate surface area is 121 Å². The van der Waals surface area contributed by atoms with Crippen molar-refractivity contribution >= 4 is 12.2 Å². The first kappa shape index (κ1) is 18.3. The largest absolute Gasteiger partial charge is 0.443 e. The highest BCUT2D eigenvalue weighted by Gasteiger charge is 2.25. The third-order valence-corrected chi connectivity index (χ3v) is 1.67. The monoisotopic (exact) mass is 286 g/mol. The Morgan fingerprint density at radius 3 is 1.85 bits per heavy atom. The molecule has 0 fully saturated rings. The molecule has 0 unspecified atom stereocenters. The molecule has 0 atom stereocenters. The van der Waals surface area contributed by atoms with Crippen molar-refractivity contribution in [1.82, 2.24) is 10.4 Å². The first-order chi connectivity index (χ1) is 8.80. The van der Waals surface area contributed by atoms with Crippen molar-refractivity contribution < 1.29 is 19.1 Å². The number of hydrogen-bond donors (Lipinski definition) is 1. The lowest BCUT2D eigenvalue weighted by molar-refractivity contribution is 0.00354. The van der Waals surface area contributed by atoms with Gasteiger partial charge in [0.15, 0.2) is 0 Å². The van der Waals surface area contributed by atoms with Gasteiger partial charge in [0, 0.05) is 0 Å². The summed E-state index contributed by atoms with van der Waals surface area (Å²) in [5.74, 6) is 0. The number of ether oxygens (including phenoxy) is 2. The highest BCUT2D eigenvalue weighted by Crippen LogP contribution is 2.11. The molecule has 0 aromatic rings. The molecule has 0 aromatic heterocycles. The molecule has 0 aliphatic rings. The molecule has 6 nitrogen and oxygen atoms in total. The van der Waals surface area contributed by atoms with Gasteiger partial charge < -0.3 is 9.47 Å². The van der Waals surface area contributed by atoms with Gasteiger partial charge in [0.05, 0.1) is 6.54 Å². The number of nitrogens with one attached hydrogen (secondary N) is 1. The summed E-state index contributed by atoms with van der Waals surface area (Å²) in [6.07, 6.45) is -1.38. The van der Waals surface area contributed by atoms with Gasteiger partial charge in [0.1, 0.15) is 11.2 Å². The van der Waals surface area contributed by atoms with Crippen LogP contribution in [0.2, 0.25) is 0 Å². The van der Waals surface area contributed by atoms with E-state index in [0.29, 0.717) is 5.57 Å². The second-order valence-electron chi connectivity index (χ2n) is 6.64. The van der Waals surface area contributed by atoms with E-state index in [4.69, 9.17) is 9.47 Å². The Kier molecular flexibility index (Phi) is 6.06. The van der Waals surface area contributed by atoms with Crippen molar-refractivity contribution in [2.75, 3.05) is 6.54 Å². The van der Waals surface area contributed by atoms with Crippen LogP contribution in [-0.4, -0.2) is 34.9 Å². The van der Waals surface area contributed by atoms with Crippen molar-refractivity contribution in [3.63, 3.8) is 0 Å². The van der Waals surface area contributed by atoms with Gasteiger partial charge in [-0.1, -0.05) is 12.2 Å². The molecule has 0 saturated heterocycles. The van der Waals surface area contributed by atoms with Crippen molar-refractivity contribution in [3.8, 4) is 0 Å². The highest BCUT2D eigenvalue weighted by atomic mass is 16.6. The van der Waals surface area contributed by atoms with Crippen molar-refractivity contribution in [2.45, 2.75) is 59.7 Å². The molecule has 0 aliphatic carbocycles. The number of rotatable bonds is 2. The Hall–Kier alpha value is -1.72. The summed E-state index contributed by atoms with van der Waals surface area (Å²) in [7, 11) is 0. The van der Waals surface area contributed by atoms with E-state index in [1.807, 2.05) is 0 Å². The van der Waals surface area contributed by atoms with Crippen molar-refractivity contribution in [1.29, 1.82) is 0 Å². The molecule has 2 amide bonds. The van der Waals surface area contributed by atoms with Crippen LogP contribution in [0, 0.1) is 0 Å². The van der Waals surface area contributed by atoms with Gasteiger partial charge in [-0.15, -0.1) is 0 Å². The molecule has 0 rings (SSSR count). The van der Waals surface area contributed by atoms with Crippen LogP contribution in [0.5, 0.6) is 0 Å². The minimum absolute atomic E-state index is 0.147. The van der Waals surface area contributed by atoms with Crippen LogP contribution in [0.15, 0.2) is 12.2 Å². The van der Waals surface area contributed by atoms with E-state index in [-0.39, 0.29) is 6.54 Å². The van der Waals surface area contributed by atoms with Gasteiger partial charge in [-0.25, -0.2) is 20.0 Å². The maximum Gasteiger partial charge on any atom is 0.429 e. The number of hydrazine groups is 1. The maximum absolute atomic E-state index is 12.0. The van der Waals surface area contributed by atoms with Gasteiger partial charge in [-0.2, -0.15) is 0 Å². The Morgan fingerprint density at radius 1 is 1.05 bits per heavy atom. The van der Waals surface area contributed by atoms with Crippen LogP contribution in [0.3, 0.4) is 0 Å². The third-order valence-electron chi connectivity index (χ3n) is 1.67.